The van der Waals surface area contributed by atoms with Gasteiger partial charge >= 0.3 is 0 Å². The molecule has 2 rings (SSSR count). The van der Waals surface area contributed by atoms with Crippen LogP contribution in [0.25, 0.3) is 6.08 Å². The summed E-state index contributed by atoms with van der Waals surface area (Å²) in [6, 6.07) is 10.4. The van der Waals surface area contributed by atoms with Crippen LogP contribution in [0.5, 0.6) is 17.2 Å². The van der Waals surface area contributed by atoms with E-state index in [1.165, 1.54) is 13.2 Å². The lowest BCUT2D eigenvalue weighted by atomic mass is 10.2. The fourth-order valence-corrected chi connectivity index (χ4v) is 2.28. The first kappa shape index (κ1) is 17.7. The van der Waals surface area contributed by atoms with Crippen molar-refractivity contribution in [2.75, 3.05) is 26.6 Å². The molecule has 0 atom stereocenters. The quantitative estimate of drug-likeness (QED) is 0.802. The fourth-order valence-electron chi connectivity index (χ4n) is 2.03. The Morgan fingerprint density at radius 1 is 1.00 bits per heavy atom. The Kier molecular flexibility index (Phi) is 6.09. The molecule has 0 aliphatic heterocycles. The molecule has 0 saturated heterocycles. The van der Waals surface area contributed by atoms with Crippen LogP contribution in [0.3, 0.4) is 0 Å². The summed E-state index contributed by atoms with van der Waals surface area (Å²) in [5.41, 5.74) is 1.37. The lowest BCUT2D eigenvalue weighted by molar-refractivity contribution is -0.111. The molecule has 2 aromatic rings. The molecule has 0 radical (unpaired) electrons. The molecule has 0 fully saturated rings. The third kappa shape index (κ3) is 4.67. The molecule has 0 unspecified atom stereocenters. The van der Waals surface area contributed by atoms with Crippen LogP contribution in [0.1, 0.15) is 5.56 Å². The minimum absolute atomic E-state index is 0.280. The third-order valence-corrected chi connectivity index (χ3v) is 3.52. The van der Waals surface area contributed by atoms with Crippen LogP contribution in [0.4, 0.5) is 5.69 Å². The van der Waals surface area contributed by atoms with Crippen LogP contribution in [-0.2, 0) is 4.79 Å². The summed E-state index contributed by atoms with van der Waals surface area (Å²) in [5, 5.41) is 3.16. The Morgan fingerprint density at radius 2 is 1.67 bits per heavy atom. The van der Waals surface area contributed by atoms with E-state index in [1.54, 1.807) is 56.7 Å². The zero-order valence-corrected chi connectivity index (χ0v) is 14.4. The first-order chi connectivity index (χ1) is 11.5. The van der Waals surface area contributed by atoms with Gasteiger partial charge in [-0.25, -0.2) is 0 Å². The Morgan fingerprint density at radius 3 is 2.21 bits per heavy atom. The molecule has 0 spiro atoms. The van der Waals surface area contributed by atoms with Crippen molar-refractivity contribution in [3.05, 3.63) is 53.1 Å². The van der Waals surface area contributed by atoms with Crippen molar-refractivity contribution in [1.29, 1.82) is 0 Å². The summed E-state index contributed by atoms with van der Waals surface area (Å²) in [4.78, 5) is 12.0. The van der Waals surface area contributed by atoms with Crippen molar-refractivity contribution in [2.24, 2.45) is 0 Å². The molecule has 24 heavy (non-hydrogen) atoms. The molecule has 6 heteroatoms. The summed E-state index contributed by atoms with van der Waals surface area (Å²) in [6.07, 6.45) is 3.10. The van der Waals surface area contributed by atoms with Crippen molar-refractivity contribution in [1.82, 2.24) is 0 Å². The molecule has 0 aliphatic rings. The van der Waals surface area contributed by atoms with Gasteiger partial charge < -0.3 is 19.5 Å². The summed E-state index contributed by atoms with van der Waals surface area (Å²) in [6.45, 7) is 0. The van der Waals surface area contributed by atoms with Crippen LogP contribution in [0.15, 0.2) is 42.5 Å². The van der Waals surface area contributed by atoms with E-state index in [2.05, 4.69) is 5.32 Å². The molecular weight excluding hydrogens is 330 g/mol. The number of halogens is 1. The molecule has 1 N–H and O–H groups in total. The molecule has 5 nitrogen and oxygen atoms in total. The van der Waals surface area contributed by atoms with Crippen molar-refractivity contribution in [2.45, 2.75) is 0 Å². The Balaban J connectivity index is 2.09. The van der Waals surface area contributed by atoms with E-state index in [4.69, 9.17) is 25.8 Å². The lowest BCUT2D eigenvalue weighted by Gasteiger charge is -2.07. The predicted molar refractivity (Wildman–Crippen MR) is 95.2 cm³/mol. The maximum Gasteiger partial charge on any atom is 0.248 e. The summed E-state index contributed by atoms with van der Waals surface area (Å²) in [7, 11) is 4.68. The number of anilines is 1. The van der Waals surface area contributed by atoms with E-state index in [9.17, 15) is 4.79 Å². The summed E-state index contributed by atoms with van der Waals surface area (Å²) in [5.74, 6) is 1.57. The standard InChI is InChI=1S/C18H18ClNO4/c1-22-14-8-12(9-15(11-14)23-2)4-7-18(21)20-13-5-6-17(24-3)16(19)10-13/h4-11H,1-3H3,(H,20,21)/b7-4+. The molecule has 1 amide bonds. The van der Waals surface area contributed by atoms with E-state index >= 15 is 0 Å². The first-order valence-corrected chi connectivity index (χ1v) is 7.49. The third-order valence-electron chi connectivity index (χ3n) is 3.22. The lowest BCUT2D eigenvalue weighted by Crippen LogP contribution is -2.07. The van der Waals surface area contributed by atoms with E-state index in [1.807, 2.05) is 0 Å². The first-order valence-electron chi connectivity index (χ1n) is 7.11. The maximum absolute atomic E-state index is 12.0. The van der Waals surface area contributed by atoms with E-state index in [0.29, 0.717) is 28.0 Å². The number of hydrogen-bond acceptors (Lipinski definition) is 4. The normalized spacial score (nSPS) is 10.5. The number of amides is 1. The van der Waals surface area contributed by atoms with Crippen LogP contribution < -0.4 is 19.5 Å². The highest BCUT2D eigenvalue weighted by Gasteiger charge is 2.04. The molecule has 126 valence electrons. The highest BCUT2D eigenvalue weighted by molar-refractivity contribution is 6.32. The van der Waals surface area contributed by atoms with Crippen molar-refractivity contribution < 1.29 is 19.0 Å². The number of rotatable bonds is 6. The second-order valence-electron chi connectivity index (χ2n) is 4.82. The van der Waals surface area contributed by atoms with Crippen LogP contribution in [0, 0.1) is 0 Å². The summed E-state index contributed by atoms with van der Waals surface area (Å²) >= 11 is 6.03. The van der Waals surface area contributed by atoms with Crippen molar-refractivity contribution >= 4 is 29.3 Å². The van der Waals surface area contributed by atoms with E-state index in [-0.39, 0.29) is 5.91 Å². The van der Waals surface area contributed by atoms with Gasteiger partial charge in [-0.2, -0.15) is 0 Å². The second kappa shape index (κ2) is 8.26. The number of benzene rings is 2. The monoisotopic (exact) mass is 347 g/mol. The van der Waals surface area contributed by atoms with Gasteiger partial charge in [-0.15, -0.1) is 0 Å². The van der Waals surface area contributed by atoms with Gasteiger partial charge in [-0.3, -0.25) is 4.79 Å². The number of carbonyl (C=O) groups is 1. The molecule has 0 bridgehead atoms. The zero-order valence-electron chi connectivity index (χ0n) is 13.6. The minimum atomic E-state index is -0.280. The van der Waals surface area contributed by atoms with Gasteiger partial charge in [0, 0.05) is 17.8 Å². The minimum Gasteiger partial charge on any atom is -0.497 e. The maximum atomic E-state index is 12.0. The predicted octanol–water partition coefficient (Wildman–Crippen LogP) is 4.02. The van der Waals surface area contributed by atoms with Crippen LogP contribution >= 0.6 is 11.6 Å². The Bertz CT molecular complexity index is 736. The molecular formula is C18H18ClNO4. The molecule has 0 aromatic heterocycles. The van der Waals surface area contributed by atoms with Crippen molar-refractivity contribution in [3.63, 3.8) is 0 Å². The SMILES string of the molecule is COc1cc(/C=C/C(=O)Nc2ccc(OC)c(Cl)c2)cc(OC)c1. The highest BCUT2D eigenvalue weighted by Crippen LogP contribution is 2.27. The van der Waals surface area contributed by atoms with Gasteiger partial charge in [0.1, 0.15) is 17.2 Å². The van der Waals surface area contributed by atoms with Gasteiger partial charge in [0.25, 0.3) is 0 Å². The number of methoxy groups -OCH3 is 3. The van der Waals surface area contributed by atoms with Crippen LogP contribution in [0.2, 0.25) is 5.02 Å². The smallest absolute Gasteiger partial charge is 0.248 e. The number of carbonyl (C=O) groups excluding carboxylic acids is 1. The van der Waals surface area contributed by atoms with Gasteiger partial charge in [0.2, 0.25) is 5.91 Å². The second-order valence-corrected chi connectivity index (χ2v) is 5.23. The average Bonchev–Trinajstić information content (AvgIpc) is 2.59. The van der Waals surface area contributed by atoms with E-state index < -0.39 is 0 Å². The number of nitrogens with one attached hydrogen (secondary N) is 1. The molecule has 0 aliphatic carbocycles. The van der Waals surface area contributed by atoms with Gasteiger partial charge in [-0.1, -0.05) is 11.6 Å². The molecule has 0 saturated carbocycles. The van der Waals surface area contributed by atoms with Gasteiger partial charge in [-0.05, 0) is 42.0 Å². The topological polar surface area (TPSA) is 56.8 Å². The van der Waals surface area contributed by atoms with Gasteiger partial charge in [0.15, 0.2) is 0 Å². The number of ether oxygens (including phenoxy) is 3. The van der Waals surface area contributed by atoms with Crippen molar-refractivity contribution in [3.8, 4) is 17.2 Å². The van der Waals surface area contributed by atoms with Crippen LogP contribution in [-0.4, -0.2) is 27.2 Å². The summed E-state index contributed by atoms with van der Waals surface area (Å²) < 4.78 is 15.5. The Hall–Kier alpha value is -2.66. The fraction of sp³-hybridized carbons (Fsp3) is 0.167. The highest BCUT2D eigenvalue weighted by atomic mass is 35.5. The van der Waals surface area contributed by atoms with Gasteiger partial charge in [0.05, 0.1) is 26.4 Å². The Labute approximate surface area is 145 Å². The average molecular weight is 348 g/mol. The van der Waals surface area contributed by atoms with E-state index in [0.717, 1.165) is 5.56 Å². The zero-order chi connectivity index (χ0) is 17.5. The molecule has 0 heterocycles. The largest absolute Gasteiger partial charge is 0.497 e. The number of hydrogen-bond donors (Lipinski definition) is 1. The molecule has 2 aromatic carbocycles.